The molecule has 0 unspecified atom stereocenters. The molecule has 1 aliphatic heterocycles. The van der Waals surface area contributed by atoms with E-state index in [9.17, 15) is 9.90 Å². The largest absolute Gasteiger partial charge is 0.506 e. The molecule has 0 aromatic heterocycles. The van der Waals surface area contributed by atoms with E-state index < -0.39 is 0 Å². The summed E-state index contributed by atoms with van der Waals surface area (Å²) in [4.78, 5) is 17.1. The fourth-order valence-corrected chi connectivity index (χ4v) is 4.13. The van der Waals surface area contributed by atoms with E-state index in [1.54, 1.807) is 18.2 Å². The van der Waals surface area contributed by atoms with Gasteiger partial charge in [0.05, 0.1) is 14.2 Å². The van der Waals surface area contributed by atoms with Gasteiger partial charge in [0, 0.05) is 10.6 Å². The number of aryl methyl sites for hydroxylation is 1. The van der Waals surface area contributed by atoms with Gasteiger partial charge in [0.15, 0.2) is 5.17 Å². The highest BCUT2D eigenvalue weighted by Crippen LogP contribution is 2.34. The molecule has 1 amide bonds. The summed E-state index contributed by atoms with van der Waals surface area (Å²) in [6, 6.07) is 11.2. The summed E-state index contributed by atoms with van der Waals surface area (Å²) < 4.78 is 0.630. The van der Waals surface area contributed by atoms with Crippen molar-refractivity contribution in [3.8, 4) is 5.75 Å². The Morgan fingerprint density at radius 3 is 2.72 bits per heavy atom. The number of amides is 1. The molecule has 0 saturated carbocycles. The van der Waals surface area contributed by atoms with Crippen molar-refractivity contribution in [2.45, 2.75) is 13.3 Å². The predicted molar refractivity (Wildman–Crippen MR) is 112 cm³/mol. The van der Waals surface area contributed by atoms with Gasteiger partial charge in [-0.2, -0.15) is 0 Å². The van der Waals surface area contributed by atoms with Crippen molar-refractivity contribution in [2.24, 2.45) is 4.99 Å². The number of thioether (sulfide) groups is 1. The number of phenolic OH excluding ortho intramolecular Hbond substituents is 1. The molecule has 25 heavy (non-hydrogen) atoms. The predicted octanol–water partition coefficient (Wildman–Crippen LogP) is 5.10. The Hall–Kier alpha value is -1.51. The van der Waals surface area contributed by atoms with Crippen LogP contribution in [0.4, 0.5) is 5.69 Å². The quantitative estimate of drug-likeness (QED) is 0.470. The second-order valence-corrected chi connectivity index (χ2v) is 7.96. The SMILES string of the molecule is CCc1ccc(N=C2NC(=O)/C(=C/c3cc(Cl)cc(I)c3O)S2)cc1. The molecular weight excluding hydrogens is 471 g/mol. The van der Waals surface area contributed by atoms with Crippen molar-refractivity contribution in [1.82, 2.24) is 5.32 Å². The van der Waals surface area contributed by atoms with Crippen LogP contribution in [0.1, 0.15) is 18.1 Å². The fraction of sp³-hybridized carbons (Fsp3) is 0.111. The van der Waals surface area contributed by atoms with Crippen LogP contribution < -0.4 is 5.32 Å². The van der Waals surface area contributed by atoms with Crippen LogP contribution in [0.5, 0.6) is 5.75 Å². The summed E-state index contributed by atoms with van der Waals surface area (Å²) in [5, 5.41) is 13.9. The molecule has 1 fully saturated rings. The number of benzene rings is 2. The minimum absolute atomic E-state index is 0.103. The molecule has 0 aliphatic carbocycles. The molecule has 1 aliphatic rings. The molecule has 1 saturated heterocycles. The number of halogens is 2. The number of nitrogens with one attached hydrogen (secondary N) is 1. The first-order valence-electron chi connectivity index (χ1n) is 7.53. The second-order valence-electron chi connectivity index (χ2n) is 5.33. The summed E-state index contributed by atoms with van der Waals surface area (Å²) in [5.74, 6) is -0.144. The van der Waals surface area contributed by atoms with Crippen LogP contribution in [0, 0.1) is 3.57 Å². The maximum absolute atomic E-state index is 12.2. The molecule has 2 N–H and O–H groups in total. The second kappa shape index (κ2) is 7.80. The van der Waals surface area contributed by atoms with Gasteiger partial charge in [-0.1, -0.05) is 30.7 Å². The lowest BCUT2D eigenvalue weighted by atomic mass is 10.2. The third-order valence-electron chi connectivity index (χ3n) is 3.57. The molecule has 0 radical (unpaired) electrons. The van der Waals surface area contributed by atoms with Gasteiger partial charge in [0.2, 0.25) is 0 Å². The van der Waals surface area contributed by atoms with Crippen LogP contribution >= 0.6 is 46.0 Å². The number of carbonyl (C=O) groups is 1. The van der Waals surface area contributed by atoms with Crippen molar-refractivity contribution in [3.63, 3.8) is 0 Å². The van der Waals surface area contributed by atoms with Crippen LogP contribution in [0.15, 0.2) is 46.3 Å². The number of rotatable bonds is 3. The summed E-state index contributed by atoms with van der Waals surface area (Å²) in [5.41, 5.74) is 2.52. The highest BCUT2D eigenvalue weighted by atomic mass is 127. The van der Waals surface area contributed by atoms with E-state index >= 15 is 0 Å². The van der Waals surface area contributed by atoms with E-state index in [0.717, 1.165) is 12.1 Å². The summed E-state index contributed by atoms with van der Waals surface area (Å²) >= 11 is 9.26. The van der Waals surface area contributed by atoms with Crippen molar-refractivity contribution in [2.75, 3.05) is 0 Å². The molecule has 0 bridgehead atoms. The number of aliphatic imine (C=N–C) groups is 1. The Morgan fingerprint density at radius 1 is 1.32 bits per heavy atom. The van der Waals surface area contributed by atoms with Gasteiger partial charge in [0.1, 0.15) is 5.75 Å². The number of aromatic hydroxyl groups is 1. The van der Waals surface area contributed by atoms with E-state index in [2.05, 4.69) is 17.2 Å². The molecule has 0 atom stereocenters. The van der Waals surface area contributed by atoms with Gasteiger partial charge >= 0.3 is 0 Å². The van der Waals surface area contributed by atoms with Crippen molar-refractivity contribution in [1.29, 1.82) is 0 Å². The zero-order chi connectivity index (χ0) is 18.0. The summed E-state index contributed by atoms with van der Waals surface area (Å²) in [6.07, 6.45) is 2.59. The molecule has 2 aromatic carbocycles. The maximum atomic E-state index is 12.2. The van der Waals surface area contributed by atoms with E-state index in [1.165, 1.54) is 17.3 Å². The van der Waals surface area contributed by atoms with E-state index in [1.807, 2.05) is 46.9 Å². The molecule has 1 heterocycles. The molecule has 4 nitrogen and oxygen atoms in total. The third-order valence-corrected chi connectivity index (χ3v) is 5.52. The standard InChI is InChI=1S/C18H14ClIN2O2S/c1-2-10-3-5-13(6-4-10)21-18-22-17(24)15(25-18)8-11-7-12(19)9-14(20)16(11)23/h3-9,23H,2H2,1H3,(H,21,22,24)/b15-8-. The van der Waals surface area contributed by atoms with Crippen LogP contribution in [-0.4, -0.2) is 16.2 Å². The van der Waals surface area contributed by atoms with Crippen LogP contribution in [-0.2, 0) is 11.2 Å². The van der Waals surface area contributed by atoms with Crippen LogP contribution in [0.2, 0.25) is 5.02 Å². The van der Waals surface area contributed by atoms with Gasteiger partial charge in [-0.25, -0.2) is 4.99 Å². The Balaban J connectivity index is 1.86. The van der Waals surface area contributed by atoms with Crippen molar-refractivity contribution in [3.05, 3.63) is 61.0 Å². The van der Waals surface area contributed by atoms with Gasteiger partial charge < -0.3 is 10.4 Å². The van der Waals surface area contributed by atoms with Gasteiger partial charge in [-0.3, -0.25) is 4.79 Å². The summed E-state index contributed by atoms with van der Waals surface area (Å²) in [7, 11) is 0. The van der Waals surface area contributed by atoms with Crippen molar-refractivity contribution < 1.29 is 9.90 Å². The summed E-state index contributed by atoms with van der Waals surface area (Å²) in [6.45, 7) is 2.09. The lowest BCUT2D eigenvalue weighted by Crippen LogP contribution is -2.19. The Labute approximate surface area is 168 Å². The number of carbonyl (C=O) groups excluding carboxylic acids is 1. The smallest absolute Gasteiger partial charge is 0.264 e. The average Bonchev–Trinajstić information content (AvgIpc) is 2.92. The monoisotopic (exact) mass is 484 g/mol. The Bertz CT molecular complexity index is 895. The number of nitrogens with zero attached hydrogens (tertiary/aromatic N) is 1. The number of phenols is 1. The van der Waals surface area contributed by atoms with E-state index in [4.69, 9.17) is 11.6 Å². The van der Waals surface area contributed by atoms with Crippen LogP contribution in [0.25, 0.3) is 6.08 Å². The molecule has 0 spiro atoms. The minimum Gasteiger partial charge on any atom is -0.506 e. The molecule has 3 rings (SSSR count). The third kappa shape index (κ3) is 4.37. The fourth-order valence-electron chi connectivity index (χ4n) is 2.24. The Kier molecular flexibility index (Phi) is 5.71. The lowest BCUT2D eigenvalue weighted by Gasteiger charge is -2.03. The average molecular weight is 485 g/mol. The first kappa shape index (κ1) is 18.3. The van der Waals surface area contributed by atoms with Gasteiger partial charge in [-0.15, -0.1) is 0 Å². The molecule has 128 valence electrons. The normalized spacial score (nSPS) is 17.3. The van der Waals surface area contributed by atoms with Crippen LogP contribution in [0.3, 0.4) is 0 Å². The highest BCUT2D eigenvalue weighted by molar-refractivity contribution is 14.1. The topological polar surface area (TPSA) is 61.7 Å². The zero-order valence-electron chi connectivity index (χ0n) is 13.2. The van der Waals surface area contributed by atoms with E-state index in [-0.39, 0.29) is 11.7 Å². The van der Waals surface area contributed by atoms with Gasteiger partial charge in [-0.05, 0) is 76.7 Å². The van der Waals surface area contributed by atoms with E-state index in [0.29, 0.717) is 24.2 Å². The molecule has 7 heteroatoms. The minimum atomic E-state index is -0.247. The number of amidine groups is 1. The molecule has 2 aromatic rings. The lowest BCUT2D eigenvalue weighted by molar-refractivity contribution is -0.115. The zero-order valence-corrected chi connectivity index (χ0v) is 16.9. The molecular formula is C18H14ClIN2O2S. The van der Waals surface area contributed by atoms with Gasteiger partial charge in [0.25, 0.3) is 5.91 Å². The number of hydrogen-bond donors (Lipinski definition) is 2. The first-order valence-corrected chi connectivity index (χ1v) is 9.80. The Morgan fingerprint density at radius 2 is 2.04 bits per heavy atom. The maximum Gasteiger partial charge on any atom is 0.264 e. The number of hydrogen-bond acceptors (Lipinski definition) is 4. The first-order chi connectivity index (χ1) is 12.0. The van der Waals surface area contributed by atoms with Crippen molar-refractivity contribution >= 4 is 68.8 Å². The highest BCUT2D eigenvalue weighted by Gasteiger charge is 2.24.